The highest BCUT2D eigenvalue weighted by molar-refractivity contribution is 8.00. The molecule has 0 spiro atoms. The first-order valence-corrected chi connectivity index (χ1v) is 10.2. The van der Waals surface area contributed by atoms with Gasteiger partial charge in [0, 0.05) is 11.4 Å². The number of rotatable bonds is 6. The Labute approximate surface area is 163 Å². The molecule has 1 aromatic heterocycles. The summed E-state index contributed by atoms with van der Waals surface area (Å²) >= 11 is 3.27. The topological polar surface area (TPSA) is 47.0 Å². The Hall–Kier alpha value is -2.05. The van der Waals surface area contributed by atoms with Gasteiger partial charge in [0.15, 0.2) is 4.34 Å². The standard InChI is InChI=1S/C20H23N3OS2/c1-20(2,3)15-7-5-14(6-8-15)13-25-19-23-22-18(26-19)21-16-9-11-17(24-4)12-10-16/h5-12H,13H2,1-4H3,(H,21,22). The SMILES string of the molecule is COc1ccc(Nc2nnc(SCc3ccc(C(C)(C)C)cc3)s2)cc1. The number of methoxy groups -OCH3 is 1. The summed E-state index contributed by atoms with van der Waals surface area (Å²) in [5.41, 5.74) is 3.81. The van der Waals surface area contributed by atoms with Crippen LogP contribution < -0.4 is 10.1 Å². The molecule has 0 radical (unpaired) electrons. The molecule has 0 unspecified atom stereocenters. The van der Waals surface area contributed by atoms with Crippen LogP contribution >= 0.6 is 23.1 Å². The zero-order valence-electron chi connectivity index (χ0n) is 15.4. The molecular weight excluding hydrogens is 362 g/mol. The summed E-state index contributed by atoms with van der Waals surface area (Å²) in [5, 5.41) is 12.5. The van der Waals surface area contributed by atoms with Crippen molar-refractivity contribution in [3.63, 3.8) is 0 Å². The van der Waals surface area contributed by atoms with E-state index in [0.29, 0.717) is 0 Å². The van der Waals surface area contributed by atoms with Gasteiger partial charge in [-0.3, -0.25) is 0 Å². The molecule has 1 N–H and O–H groups in total. The van der Waals surface area contributed by atoms with E-state index in [9.17, 15) is 0 Å². The number of thioether (sulfide) groups is 1. The van der Waals surface area contributed by atoms with Crippen molar-refractivity contribution >= 4 is 33.9 Å². The van der Waals surface area contributed by atoms with Crippen LogP contribution in [-0.2, 0) is 11.2 Å². The van der Waals surface area contributed by atoms with E-state index in [1.807, 2.05) is 24.3 Å². The van der Waals surface area contributed by atoms with E-state index in [2.05, 4.69) is 60.6 Å². The Kier molecular flexibility index (Phi) is 5.84. The maximum Gasteiger partial charge on any atom is 0.210 e. The third kappa shape index (κ3) is 4.99. The monoisotopic (exact) mass is 385 g/mol. The van der Waals surface area contributed by atoms with Gasteiger partial charge in [0.2, 0.25) is 5.13 Å². The molecule has 0 bridgehead atoms. The molecule has 0 atom stereocenters. The second kappa shape index (κ2) is 8.10. The lowest BCUT2D eigenvalue weighted by Gasteiger charge is -2.19. The molecule has 3 aromatic rings. The summed E-state index contributed by atoms with van der Waals surface area (Å²) in [6.45, 7) is 6.69. The summed E-state index contributed by atoms with van der Waals surface area (Å²) < 4.78 is 6.13. The van der Waals surface area contributed by atoms with Crippen LogP contribution in [0.1, 0.15) is 31.9 Å². The first kappa shape index (κ1) is 18.7. The molecule has 6 heteroatoms. The van der Waals surface area contributed by atoms with Crippen molar-refractivity contribution in [2.45, 2.75) is 36.3 Å². The van der Waals surface area contributed by atoms with Gasteiger partial charge >= 0.3 is 0 Å². The van der Waals surface area contributed by atoms with Crippen molar-refractivity contribution in [1.29, 1.82) is 0 Å². The summed E-state index contributed by atoms with van der Waals surface area (Å²) in [7, 11) is 1.66. The van der Waals surface area contributed by atoms with Crippen LogP contribution in [0.2, 0.25) is 0 Å². The van der Waals surface area contributed by atoms with E-state index in [4.69, 9.17) is 4.74 Å². The molecule has 3 rings (SSSR count). The Morgan fingerprint density at radius 2 is 1.69 bits per heavy atom. The van der Waals surface area contributed by atoms with E-state index in [1.165, 1.54) is 11.1 Å². The minimum Gasteiger partial charge on any atom is -0.497 e. The van der Waals surface area contributed by atoms with Gasteiger partial charge in [-0.25, -0.2) is 0 Å². The normalized spacial score (nSPS) is 11.4. The van der Waals surface area contributed by atoms with Gasteiger partial charge in [-0.1, -0.05) is 68.1 Å². The highest BCUT2D eigenvalue weighted by Crippen LogP contribution is 2.31. The maximum absolute atomic E-state index is 5.17. The first-order valence-electron chi connectivity index (χ1n) is 8.41. The van der Waals surface area contributed by atoms with Gasteiger partial charge in [-0.15, -0.1) is 10.2 Å². The van der Waals surface area contributed by atoms with Gasteiger partial charge in [0.1, 0.15) is 5.75 Å². The number of benzene rings is 2. The Morgan fingerprint density at radius 3 is 2.31 bits per heavy atom. The van der Waals surface area contributed by atoms with Gasteiger partial charge < -0.3 is 10.1 Å². The van der Waals surface area contributed by atoms with Crippen molar-refractivity contribution in [3.8, 4) is 5.75 Å². The maximum atomic E-state index is 5.17. The smallest absolute Gasteiger partial charge is 0.210 e. The predicted molar refractivity (Wildman–Crippen MR) is 111 cm³/mol. The molecule has 26 heavy (non-hydrogen) atoms. The fraction of sp³-hybridized carbons (Fsp3) is 0.300. The van der Waals surface area contributed by atoms with Crippen LogP contribution in [0.4, 0.5) is 10.8 Å². The van der Waals surface area contributed by atoms with Crippen LogP contribution in [0.25, 0.3) is 0 Å². The molecule has 0 saturated carbocycles. The molecule has 0 aliphatic carbocycles. The average molecular weight is 386 g/mol. The molecule has 2 aromatic carbocycles. The van der Waals surface area contributed by atoms with Crippen LogP contribution in [0, 0.1) is 0 Å². The minimum absolute atomic E-state index is 0.187. The first-order chi connectivity index (χ1) is 12.4. The molecule has 136 valence electrons. The van der Waals surface area contributed by atoms with Gasteiger partial charge in [0.05, 0.1) is 7.11 Å². The van der Waals surface area contributed by atoms with Crippen LogP contribution in [0.15, 0.2) is 52.9 Å². The minimum atomic E-state index is 0.187. The Morgan fingerprint density at radius 1 is 1.00 bits per heavy atom. The van der Waals surface area contributed by atoms with Crippen LogP contribution in [-0.4, -0.2) is 17.3 Å². The summed E-state index contributed by atoms with van der Waals surface area (Å²) in [6.07, 6.45) is 0. The lowest BCUT2D eigenvalue weighted by atomic mass is 9.87. The van der Waals surface area contributed by atoms with Gasteiger partial charge in [-0.05, 0) is 40.8 Å². The van der Waals surface area contributed by atoms with Gasteiger partial charge in [-0.2, -0.15) is 0 Å². The summed E-state index contributed by atoms with van der Waals surface area (Å²) in [4.78, 5) is 0. The lowest BCUT2D eigenvalue weighted by molar-refractivity contribution is 0.415. The summed E-state index contributed by atoms with van der Waals surface area (Å²) in [6, 6.07) is 16.6. The second-order valence-corrected chi connectivity index (χ2v) is 9.16. The number of ether oxygens (including phenoxy) is 1. The molecule has 4 nitrogen and oxygen atoms in total. The van der Waals surface area contributed by atoms with E-state index < -0.39 is 0 Å². The van der Waals surface area contributed by atoms with E-state index in [-0.39, 0.29) is 5.41 Å². The fourth-order valence-corrected chi connectivity index (χ4v) is 4.09. The van der Waals surface area contributed by atoms with Crippen molar-refractivity contribution in [3.05, 3.63) is 59.7 Å². The number of hydrogen-bond acceptors (Lipinski definition) is 6. The number of nitrogens with one attached hydrogen (secondary N) is 1. The number of nitrogens with zero attached hydrogens (tertiary/aromatic N) is 2. The molecule has 0 aliphatic rings. The highest BCUT2D eigenvalue weighted by atomic mass is 32.2. The number of anilines is 2. The lowest BCUT2D eigenvalue weighted by Crippen LogP contribution is -2.10. The van der Waals surface area contributed by atoms with E-state index in [1.54, 1.807) is 30.2 Å². The van der Waals surface area contributed by atoms with E-state index >= 15 is 0 Å². The van der Waals surface area contributed by atoms with Crippen LogP contribution in [0.3, 0.4) is 0 Å². The zero-order valence-corrected chi connectivity index (χ0v) is 17.1. The number of hydrogen-bond donors (Lipinski definition) is 1. The van der Waals surface area contributed by atoms with Crippen LogP contribution in [0.5, 0.6) is 5.75 Å². The summed E-state index contributed by atoms with van der Waals surface area (Å²) in [5.74, 6) is 1.73. The third-order valence-electron chi connectivity index (χ3n) is 3.93. The quantitative estimate of drug-likeness (QED) is 0.537. The van der Waals surface area contributed by atoms with Crippen molar-refractivity contribution < 1.29 is 4.74 Å². The Balaban J connectivity index is 1.56. The zero-order chi connectivity index (χ0) is 18.6. The predicted octanol–water partition coefficient (Wildman–Crippen LogP) is 5.88. The highest BCUT2D eigenvalue weighted by Gasteiger charge is 2.13. The molecule has 0 aliphatic heterocycles. The number of aromatic nitrogens is 2. The molecular formula is C20H23N3OS2. The second-order valence-electron chi connectivity index (χ2n) is 6.96. The third-order valence-corrected chi connectivity index (χ3v) is 5.97. The molecule has 0 saturated heterocycles. The van der Waals surface area contributed by atoms with Crippen molar-refractivity contribution in [1.82, 2.24) is 10.2 Å². The largest absolute Gasteiger partial charge is 0.497 e. The molecule has 0 amide bonds. The fourth-order valence-electron chi connectivity index (χ4n) is 2.36. The van der Waals surface area contributed by atoms with Crippen molar-refractivity contribution in [2.75, 3.05) is 12.4 Å². The molecule has 0 fully saturated rings. The van der Waals surface area contributed by atoms with Crippen molar-refractivity contribution in [2.24, 2.45) is 0 Å². The Bertz CT molecular complexity index is 837. The molecule has 1 heterocycles. The van der Waals surface area contributed by atoms with E-state index in [0.717, 1.165) is 26.7 Å². The average Bonchev–Trinajstić information content (AvgIpc) is 3.08. The van der Waals surface area contributed by atoms with Gasteiger partial charge in [0.25, 0.3) is 0 Å².